The Balaban J connectivity index is 1.95. The van der Waals surface area contributed by atoms with Crippen LogP contribution in [0, 0.1) is 0 Å². The number of carbonyl (C=O) groups is 2. The van der Waals surface area contributed by atoms with Gasteiger partial charge in [-0.15, -0.1) is 11.3 Å². The molecular weight excluding hydrogens is 354 g/mol. The highest BCUT2D eigenvalue weighted by Crippen LogP contribution is 2.37. The third kappa shape index (κ3) is 3.81. The van der Waals surface area contributed by atoms with E-state index in [1.807, 2.05) is 6.07 Å². The number of anilines is 1. The third-order valence-corrected chi connectivity index (χ3v) is 5.13. The fraction of sp³-hybridized carbons (Fsp3) is 0.500. The van der Waals surface area contributed by atoms with Gasteiger partial charge in [0, 0.05) is 25.2 Å². The zero-order valence-electron chi connectivity index (χ0n) is 15.6. The molecule has 1 N–H and O–H groups in total. The van der Waals surface area contributed by atoms with Gasteiger partial charge in [0.2, 0.25) is 0 Å². The summed E-state index contributed by atoms with van der Waals surface area (Å²) in [4.78, 5) is 31.1. The van der Waals surface area contributed by atoms with E-state index in [2.05, 4.69) is 22.2 Å². The first-order valence-corrected chi connectivity index (χ1v) is 9.19. The average molecular weight is 377 g/mol. The molecule has 2 aromatic heterocycles. The second-order valence-corrected chi connectivity index (χ2v) is 8.51. The molecule has 7 nitrogen and oxygen atoms in total. The number of likely N-dealkylation sites (tertiary alicyclic amines) is 1. The topological polar surface area (TPSA) is 80.8 Å². The summed E-state index contributed by atoms with van der Waals surface area (Å²) in [6.07, 6.45) is 1.19. The lowest BCUT2D eigenvalue weighted by atomic mass is 9.93. The van der Waals surface area contributed by atoms with Gasteiger partial charge in [0.05, 0.1) is 17.3 Å². The molecule has 1 amide bonds. The summed E-state index contributed by atoms with van der Waals surface area (Å²) in [5.74, 6) is -0.0891. The standard InChI is InChI=1S/C18H23N3O4S/c1-18(2,3)25-17(23)20-15-13(16(22)24-5)14-12(26-15)6-10(7-19-14)11-8-21(4)9-11/h6-7,11H,8-9H2,1-5H3,(H,20,23). The number of esters is 1. The number of aromatic nitrogens is 1. The number of rotatable bonds is 3. The zero-order chi connectivity index (χ0) is 19.1. The van der Waals surface area contributed by atoms with Gasteiger partial charge >= 0.3 is 12.1 Å². The normalized spacial score (nSPS) is 15.6. The molecule has 0 aromatic carbocycles. The maximum Gasteiger partial charge on any atom is 0.412 e. The van der Waals surface area contributed by atoms with Crippen molar-refractivity contribution < 1.29 is 19.1 Å². The number of amides is 1. The van der Waals surface area contributed by atoms with Crippen LogP contribution in [0.5, 0.6) is 0 Å². The molecule has 1 aliphatic heterocycles. The van der Waals surface area contributed by atoms with Gasteiger partial charge in [0.15, 0.2) is 0 Å². The number of nitrogens with zero attached hydrogens (tertiary/aromatic N) is 2. The van der Waals surface area contributed by atoms with E-state index in [9.17, 15) is 9.59 Å². The number of hydrogen-bond acceptors (Lipinski definition) is 7. The smallest absolute Gasteiger partial charge is 0.412 e. The highest BCUT2D eigenvalue weighted by Gasteiger charge is 2.28. The largest absolute Gasteiger partial charge is 0.465 e. The first-order valence-electron chi connectivity index (χ1n) is 8.37. The fourth-order valence-electron chi connectivity index (χ4n) is 2.90. The van der Waals surface area contributed by atoms with E-state index in [-0.39, 0.29) is 5.56 Å². The molecular formula is C18H23N3O4S. The highest BCUT2D eigenvalue weighted by molar-refractivity contribution is 7.23. The lowest BCUT2D eigenvalue weighted by Crippen LogP contribution is -2.41. The van der Waals surface area contributed by atoms with Crippen molar-refractivity contribution in [3.63, 3.8) is 0 Å². The number of ether oxygens (including phenoxy) is 2. The summed E-state index contributed by atoms with van der Waals surface area (Å²) in [7, 11) is 3.38. The van der Waals surface area contributed by atoms with Gasteiger partial charge in [-0.25, -0.2) is 9.59 Å². The monoisotopic (exact) mass is 377 g/mol. The van der Waals surface area contributed by atoms with Crippen molar-refractivity contribution in [3.8, 4) is 0 Å². The van der Waals surface area contributed by atoms with E-state index >= 15 is 0 Å². The quantitative estimate of drug-likeness (QED) is 0.825. The highest BCUT2D eigenvalue weighted by atomic mass is 32.1. The van der Waals surface area contributed by atoms with Gasteiger partial charge in [-0.2, -0.15) is 0 Å². The number of methoxy groups -OCH3 is 1. The van der Waals surface area contributed by atoms with Gasteiger partial charge < -0.3 is 14.4 Å². The predicted molar refractivity (Wildman–Crippen MR) is 101 cm³/mol. The molecule has 0 spiro atoms. The molecule has 1 aliphatic rings. The van der Waals surface area contributed by atoms with E-state index < -0.39 is 17.7 Å². The van der Waals surface area contributed by atoms with Gasteiger partial charge in [0.25, 0.3) is 0 Å². The first kappa shape index (κ1) is 18.6. The lowest BCUT2D eigenvalue weighted by Gasteiger charge is -2.36. The van der Waals surface area contributed by atoms with Gasteiger partial charge in [-0.1, -0.05) is 0 Å². The lowest BCUT2D eigenvalue weighted by molar-refractivity contribution is 0.0604. The summed E-state index contributed by atoms with van der Waals surface area (Å²) in [6, 6.07) is 2.04. The molecule has 1 saturated heterocycles. The second kappa shape index (κ2) is 6.85. The van der Waals surface area contributed by atoms with E-state index in [4.69, 9.17) is 9.47 Å². The zero-order valence-corrected chi connectivity index (χ0v) is 16.4. The van der Waals surface area contributed by atoms with Crippen LogP contribution in [0.1, 0.15) is 42.6 Å². The Labute approximate surface area is 156 Å². The molecule has 0 radical (unpaired) electrons. The Morgan fingerprint density at radius 3 is 2.62 bits per heavy atom. The van der Waals surface area contributed by atoms with Crippen LogP contribution in [0.2, 0.25) is 0 Å². The Morgan fingerprint density at radius 2 is 2.04 bits per heavy atom. The van der Waals surface area contributed by atoms with Crippen molar-refractivity contribution in [2.75, 3.05) is 32.6 Å². The van der Waals surface area contributed by atoms with Crippen LogP contribution in [-0.4, -0.2) is 54.8 Å². The third-order valence-electron chi connectivity index (χ3n) is 4.09. The molecule has 0 atom stereocenters. The van der Waals surface area contributed by atoms with Crippen LogP contribution in [-0.2, 0) is 9.47 Å². The Bertz CT molecular complexity index is 850. The average Bonchev–Trinajstić information content (AvgIpc) is 2.85. The first-order chi connectivity index (χ1) is 12.2. The molecule has 3 rings (SSSR count). The van der Waals surface area contributed by atoms with Crippen molar-refractivity contribution in [2.24, 2.45) is 0 Å². The van der Waals surface area contributed by atoms with Crippen molar-refractivity contribution in [1.29, 1.82) is 0 Å². The number of nitrogens with one attached hydrogen (secondary N) is 1. The minimum Gasteiger partial charge on any atom is -0.465 e. The van der Waals surface area contributed by atoms with E-state index in [1.54, 1.807) is 27.0 Å². The Kier molecular flexibility index (Phi) is 4.90. The number of carbonyl (C=O) groups excluding carboxylic acids is 2. The molecule has 0 bridgehead atoms. The van der Waals surface area contributed by atoms with Crippen LogP contribution < -0.4 is 5.32 Å². The number of hydrogen-bond donors (Lipinski definition) is 1. The molecule has 0 saturated carbocycles. The molecule has 1 fully saturated rings. The number of likely N-dealkylation sites (N-methyl/N-ethyl adjacent to an activating group) is 1. The van der Waals surface area contributed by atoms with E-state index in [1.165, 1.54) is 18.4 Å². The molecule has 26 heavy (non-hydrogen) atoms. The minimum absolute atomic E-state index is 0.260. The van der Waals surface area contributed by atoms with Crippen molar-refractivity contribution in [1.82, 2.24) is 9.88 Å². The van der Waals surface area contributed by atoms with Crippen LogP contribution >= 0.6 is 11.3 Å². The second-order valence-electron chi connectivity index (χ2n) is 7.46. The Hall–Kier alpha value is -2.19. The predicted octanol–water partition coefficient (Wildman–Crippen LogP) is 3.46. The molecule has 2 aromatic rings. The van der Waals surface area contributed by atoms with Crippen LogP contribution in [0.15, 0.2) is 12.3 Å². The summed E-state index contributed by atoms with van der Waals surface area (Å²) in [5, 5.41) is 3.05. The summed E-state index contributed by atoms with van der Waals surface area (Å²) < 4.78 is 11.0. The van der Waals surface area contributed by atoms with Gasteiger partial charge in [-0.3, -0.25) is 10.3 Å². The Morgan fingerprint density at radius 1 is 1.35 bits per heavy atom. The number of thiophene rings is 1. The molecule has 8 heteroatoms. The molecule has 140 valence electrons. The van der Waals surface area contributed by atoms with E-state index in [0.29, 0.717) is 16.4 Å². The number of fused-ring (bicyclic) bond motifs is 1. The summed E-state index contributed by atoms with van der Waals surface area (Å²) in [6.45, 7) is 7.32. The molecule has 0 aliphatic carbocycles. The molecule has 3 heterocycles. The maximum absolute atomic E-state index is 12.3. The summed E-state index contributed by atoms with van der Waals surface area (Å²) >= 11 is 1.30. The van der Waals surface area contributed by atoms with Crippen molar-refractivity contribution in [3.05, 3.63) is 23.4 Å². The van der Waals surface area contributed by atoms with E-state index in [0.717, 1.165) is 23.4 Å². The van der Waals surface area contributed by atoms with Crippen LogP contribution in [0.25, 0.3) is 10.2 Å². The van der Waals surface area contributed by atoms with Crippen LogP contribution in [0.4, 0.5) is 9.80 Å². The van der Waals surface area contributed by atoms with Crippen molar-refractivity contribution in [2.45, 2.75) is 32.3 Å². The number of pyridine rings is 1. The van der Waals surface area contributed by atoms with Crippen molar-refractivity contribution >= 4 is 38.6 Å². The maximum atomic E-state index is 12.3. The van der Waals surface area contributed by atoms with Gasteiger partial charge in [0.1, 0.15) is 16.2 Å². The molecule has 0 unspecified atom stereocenters. The summed E-state index contributed by atoms with van der Waals surface area (Å²) in [5.41, 5.74) is 1.30. The fourth-order valence-corrected chi connectivity index (χ4v) is 3.99. The minimum atomic E-state index is -0.631. The van der Waals surface area contributed by atoms with Crippen LogP contribution in [0.3, 0.4) is 0 Å². The van der Waals surface area contributed by atoms with Gasteiger partial charge in [-0.05, 0) is 39.4 Å². The SMILES string of the molecule is COC(=O)c1c(NC(=O)OC(C)(C)C)sc2cc(C3CN(C)C3)cnc12.